The van der Waals surface area contributed by atoms with Gasteiger partial charge in [-0.1, -0.05) is 45.7 Å². The van der Waals surface area contributed by atoms with E-state index >= 15 is 0 Å². The molecule has 0 aliphatic carbocycles. The monoisotopic (exact) mass is 414 g/mol. The summed E-state index contributed by atoms with van der Waals surface area (Å²) in [5, 5.41) is 8.50. The van der Waals surface area contributed by atoms with Crippen LogP contribution in [-0.2, 0) is 7.05 Å². The van der Waals surface area contributed by atoms with Crippen molar-refractivity contribution in [1.82, 2.24) is 19.7 Å². The first kappa shape index (κ1) is 16.8. The summed E-state index contributed by atoms with van der Waals surface area (Å²) in [5.41, 5.74) is 1.04. The van der Waals surface area contributed by atoms with E-state index in [1.54, 1.807) is 11.6 Å². The molecule has 9 heteroatoms. The zero-order valence-corrected chi connectivity index (χ0v) is 14.6. The number of pyridine rings is 1. The maximum absolute atomic E-state index is 12.6. The molecule has 1 aromatic carbocycles. The number of halogens is 4. The molecule has 2 aromatic heterocycles. The lowest BCUT2D eigenvalue weighted by molar-refractivity contribution is -0.0524. The largest absolute Gasteiger partial charge is 0.416 e. The normalized spacial score (nSPS) is 11.1. The van der Waals surface area contributed by atoms with Crippen molar-refractivity contribution in [3.63, 3.8) is 0 Å². The van der Waals surface area contributed by atoms with Crippen LogP contribution in [-0.4, -0.2) is 26.4 Å². The van der Waals surface area contributed by atoms with E-state index in [1.807, 2.05) is 24.3 Å². The minimum atomic E-state index is -3.01. The Bertz CT molecular complexity index is 888. The van der Waals surface area contributed by atoms with Gasteiger partial charge >= 0.3 is 6.61 Å². The van der Waals surface area contributed by atoms with Gasteiger partial charge in [-0.25, -0.2) is 4.98 Å². The van der Waals surface area contributed by atoms with E-state index in [2.05, 4.69) is 35.8 Å². The maximum atomic E-state index is 12.6. The van der Waals surface area contributed by atoms with Crippen molar-refractivity contribution in [2.75, 3.05) is 0 Å². The molecule has 0 spiro atoms. The molecule has 0 atom stereocenters. The van der Waals surface area contributed by atoms with E-state index in [0.717, 1.165) is 10.0 Å². The van der Waals surface area contributed by atoms with Crippen molar-refractivity contribution in [2.24, 2.45) is 7.05 Å². The number of nitrogens with zero attached hydrogens (tertiary/aromatic N) is 4. The molecule has 0 N–H and O–H groups in total. The summed E-state index contributed by atoms with van der Waals surface area (Å²) < 4.78 is 32.1. The molecule has 0 bridgehead atoms. The lowest BCUT2D eigenvalue weighted by Crippen LogP contribution is -2.06. The fourth-order valence-electron chi connectivity index (χ4n) is 2.21. The highest BCUT2D eigenvalue weighted by atomic mass is 79.9. The molecular weight excluding hydrogens is 406 g/mol. The molecule has 0 saturated heterocycles. The highest BCUT2D eigenvalue weighted by Crippen LogP contribution is 2.33. The first-order chi connectivity index (χ1) is 11.5. The molecule has 0 fully saturated rings. The van der Waals surface area contributed by atoms with Crippen LogP contribution in [0.5, 0.6) is 5.88 Å². The SMILES string of the molecule is Cn1c(-c2ccccc2Br)nnc1-c1cc(Cl)cnc1OC(F)F. The van der Waals surface area contributed by atoms with E-state index in [9.17, 15) is 8.78 Å². The molecular formula is C15H10BrClF2N4O. The van der Waals surface area contributed by atoms with Crippen LogP contribution in [0.1, 0.15) is 0 Å². The Kier molecular flexibility index (Phi) is 4.77. The van der Waals surface area contributed by atoms with Crippen LogP contribution in [0.15, 0.2) is 41.0 Å². The third-order valence-corrected chi connectivity index (χ3v) is 4.15. The summed E-state index contributed by atoms with van der Waals surface area (Å²) in [6.07, 6.45) is 1.23. The van der Waals surface area contributed by atoms with Crippen LogP contribution in [0.3, 0.4) is 0 Å². The van der Waals surface area contributed by atoms with Crippen molar-refractivity contribution in [2.45, 2.75) is 6.61 Å². The second-order valence-electron chi connectivity index (χ2n) is 4.77. The van der Waals surface area contributed by atoms with Gasteiger partial charge in [0.1, 0.15) is 0 Å². The van der Waals surface area contributed by atoms with Crippen molar-refractivity contribution in [3.05, 3.63) is 46.0 Å². The van der Waals surface area contributed by atoms with Crippen LogP contribution in [0.25, 0.3) is 22.8 Å². The topological polar surface area (TPSA) is 52.8 Å². The summed E-state index contributed by atoms with van der Waals surface area (Å²) in [6.45, 7) is -3.01. The molecule has 2 heterocycles. The summed E-state index contributed by atoms with van der Waals surface area (Å²) in [5.74, 6) is 0.607. The van der Waals surface area contributed by atoms with Gasteiger partial charge in [0.15, 0.2) is 11.6 Å². The minimum Gasteiger partial charge on any atom is -0.416 e. The van der Waals surface area contributed by atoms with Crippen molar-refractivity contribution >= 4 is 27.5 Å². The Morgan fingerprint density at radius 1 is 1.17 bits per heavy atom. The lowest BCUT2D eigenvalue weighted by Gasteiger charge is -2.10. The molecule has 3 rings (SSSR count). The van der Waals surface area contributed by atoms with Gasteiger partial charge in [-0.2, -0.15) is 8.78 Å². The Labute approximate surface area is 149 Å². The van der Waals surface area contributed by atoms with Crippen molar-refractivity contribution in [1.29, 1.82) is 0 Å². The van der Waals surface area contributed by atoms with Crippen LogP contribution in [0.4, 0.5) is 8.78 Å². The van der Waals surface area contributed by atoms with Crippen molar-refractivity contribution in [3.8, 4) is 28.7 Å². The Morgan fingerprint density at radius 3 is 2.50 bits per heavy atom. The first-order valence-corrected chi connectivity index (χ1v) is 7.89. The highest BCUT2D eigenvalue weighted by molar-refractivity contribution is 9.10. The average molecular weight is 416 g/mol. The van der Waals surface area contributed by atoms with Crippen LogP contribution >= 0.6 is 27.5 Å². The van der Waals surface area contributed by atoms with Gasteiger partial charge in [0.05, 0.1) is 10.6 Å². The highest BCUT2D eigenvalue weighted by Gasteiger charge is 2.20. The molecule has 3 aromatic rings. The number of hydrogen-bond donors (Lipinski definition) is 0. The molecule has 0 aliphatic heterocycles. The van der Waals surface area contributed by atoms with Gasteiger partial charge < -0.3 is 9.30 Å². The average Bonchev–Trinajstić information content (AvgIpc) is 2.91. The van der Waals surface area contributed by atoms with Crippen LogP contribution < -0.4 is 4.74 Å². The Hall–Kier alpha value is -2.06. The fraction of sp³-hybridized carbons (Fsp3) is 0.133. The molecule has 0 unspecified atom stereocenters. The summed E-state index contributed by atoms with van der Waals surface area (Å²) in [4.78, 5) is 3.81. The number of benzene rings is 1. The molecule has 0 aliphatic rings. The van der Waals surface area contributed by atoms with Gasteiger partial charge in [0.2, 0.25) is 5.88 Å². The predicted octanol–water partition coefficient (Wildman–Crippen LogP) is 4.56. The van der Waals surface area contributed by atoms with Crippen molar-refractivity contribution < 1.29 is 13.5 Å². The van der Waals surface area contributed by atoms with E-state index in [1.165, 1.54) is 12.3 Å². The summed E-state index contributed by atoms with van der Waals surface area (Å²) >= 11 is 9.39. The van der Waals surface area contributed by atoms with Gasteiger partial charge in [-0.15, -0.1) is 10.2 Å². The first-order valence-electron chi connectivity index (χ1n) is 6.72. The third-order valence-electron chi connectivity index (χ3n) is 3.25. The zero-order chi connectivity index (χ0) is 17.3. The third kappa shape index (κ3) is 3.25. The number of hydrogen-bond acceptors (Lipinski definition) is 4. The van der Waals surface area contributed by atoms with E-state index in [0.29, 0.717) is 11.6 Å². The Morgan fingerprint density at radius 2 is 1.83 bits per heavy atom. The summed E-state index contributed by atoms with van der Waals surface area (Å²) in [6, 6.07) is 8.93. The van der Waals surface area contributed by atoms with Gasteiger partial charge in [0, 0.05) is 23.3 Å². The smallest absolute Gasteiger partial charge is 0.388 e. The minimum absolute atomic E-state index is 0.233. The molecule has 0 saturated carbocycles. The van der Waals surface area contributed by atoms with E-state index in [4.69, 9.17) is 11.6 Å². The molecule has 5 nitrogen and oxygen atoms in total. The lowest BCUT2D eigenvalue weighted by atomic mass is 10.2. The van der Waals surface area contributed by atoms with Gasteiger partial charge in [-0.3, -0.25) is 0 Å². The predicted molar refractivity (Wildman–Crippen MR) is 89.0 cm³/mol. The van der Waals surface area contributed by atoms with Gasteiger partial charge in [-0.05, 0) is 12.1 Å². The number of rotatable bonds is 4. The number of alkyl halides is 2. The van der Waals surface area contributed by atoms with Gasteiger partial charge in [0.25, 0.3) is 0 Å². The zero-order valence-electron chi connectivity index (χ0n) is 12.3. The van der Waals surface area contributed by atoms with Crippen LogP contribution in [0, 0.1) is 0 Å². The fourth-order valence-corrected chi connectivity index (χ4v) is 2.83. The maximum Gasteiger partial charge on any atom is 0.388 e. The van der Waals surface area contributed by atoms with E-state index < -0.39 is 6.61 Å². The summed E-state index contributed by atoms with van der Waals surface area (Å²) in [7, 11) is 1.72. The molecule has 124 valence electrons. The Balaban J connectivity index is 2.12. The molecule has 24 heavy (non-hydrogen) atoms. The van der Waals surface area contributed by atoms with Crippen LogP contribution in [0.2, 0.25) is 5.02 Å². The van der Waals surface area contributed by atoms with E-state index in [-0.39, 0.29) is 16.5 Å². The number of aromatic nitrogens is 4. The molecule has 0 radical (unpaired) electrons. The molecule has 0 amide bonds. The second kappa shape index (κ2) is 6.82. The standard InChI is InChI=1S/C15H10BrClF2N4O/c1-23-12(9-4-2-3-5-11(9)16)21-22-13(23)10-6-8(17)7-20-14(10)24-15(18)19/h2-7,15H,1H3. The number of ether oxygens (including phenoxy) is 1. The quantitative estimate of drug-likeness (QED) is 0.627. The second-order valence-corrected chi connectivity index (χ2v) is 6.06.